The van der Waals surface area contributed by atoms with E-state index in [0.717, 1.165) is 35.4 Å². The molecule has 39 heavy (non-hydrogen) atoms. The van der Waals surface area contributed by atoms with E-state index in [9.17, 15) is 14.7 Å². The Bertz CT molecular complexity index is 1490. The number of carbonyl (C=O) groups is 1. The zero-order valence-corrected chi connectivity index (χ0v) is 23.3. The Kier molecular flexibility index (Phi) is 8.33. The van der Waals surface area contributed by atoms with Gasteiger partial charge in [0.05, 0.1) is 19.3 Å². The summed E-state index contributed by atoms with van der Waals surface area (Å²) in [5.74, 6) is -0.0971. The molecule has 0 fully saturated rings. The third-order valence-electron chi connectivity index (χ3n) is 6.86. The van der Waals surface area contributed by atoms with Gasteiger partial charge in [-0.25, -0.2) is 19.3 Å². The molecule has 8 heteroatoms. The Labute approximate surface area is 228 Å². The molecule has 0 bridgehead atoms. The molecule has 4 rings (SSSR count). The molecule has 0 spiro atoms. The minimum absolute atomic E-state index is 0.0792. The van der Waals surface area contributed by atoms with Crippen LogP contribution in [0.2, 0.25) is 0 Å². The van der Waals surface area contributed by atoms with Crippen molar-refractivity contribution in [3.05, 3.63) is 99.4 Å². The van der Waals surface area contributed by atoms with E-state index in [1.165, 1.54) is 12.7 Å². The normalized spacial score (nSPS) is 11.5. The molecule has 8 nitrogen and oxygen atoms in total. The van der Waals surface area contributed by atoms with Gasteiger partial charge in [0.25, 0.3) is 0 Å². The topological polar surface area (TPSA) is 99.2 Å². The summed E-state index contributed by atoms with van der Waals surface area (Å²) in [4.78, 5) is 28.7. The molecule has 0 saturated carbocycles. The number of hydrogen-bond donors (Lipinski definition) is 1. The molecule has 2 aromatic carbocycles. The summed E-state index contributed by atoms with van der Waals surface area (Å²) in [5.41, 5.74) is 4.77. The number of carboxylic acids is 1. The van der Waals surface area contributed by atoms with Gasteiger partial charge in [-0.05, 0) is 54.0 Å². The number of aryl methyl sites for hydroxylation is 2. The van der Waals surface area contributed by atoms with Gasteiger partial charge in [-0.15, -0.1) is 0 Å². The molecule has 0 aliphatic rings. The van der Waals surface area contributed by atoms with Crippen LogP contribution in [0, 0.1) is 0 Å². The second-order valence-electron chi connectivity index (χ2n) is 10.7. The first-order chi connectivity index (χ1) is 18.6. The highest BCUT2D eigenvalue weighted by Crippen LogP contribution is 2.24. The zero-order chi connectivity index (χ0) is 28.2. The quantitative estimate of drug-likeness (QED) is 0.298. The lowest BCUT2D eigenvalue weighted by Crippen LogP contribution is -2.25. The summed E-state index contributed by atoms with van der Waals surface area (Å²) >= 11 is 0. The van der Waals surface area contributed by atoms with E-state index in [1.807, 2.05) is 31.2 Å². The maximum absolute atomic E-state index is 13.0. The van der Waals surface area contributed by atoms with Gasteiger partial charge in [-0.2, -0.15) is 5.10 Å². The summed E-state index contributed by atoms with van der Waals surface area (Å²) in [7, 11) is 1.42. The van der Waals surface area contributed by atoms with Crippen LogP contribution < -0.4 is 10.4 Å². The number of methoxy groups -OCH3 is 1. The van der Waals surface area contributed by atoms with Crippen molar-refractivity contribution in [3.63, 3.8) is 0 Å². The van der Waals surface area contributed by atoms with Crippen molar-refractivity contribution in [2.75, 3.05) is 7.11 Å². The van der Waals surface area contributed by atoms with Gasteiger partial charge in [-0.1, -0.05) is 69.3 Å². The van der Waals surface area contributed by atoms with E-state index >= 15 is 0 Å². The molecular weight excluding hydrogens is 492 g/mol. The van der Waals surface area contributed by atoms with Crippen LogP contribution in [0.4, 0.5) is 0 Å². The Hall–Kier alpha value is -4.20. The Morgan fingerprint density at radius 1 is 0.949 bits per heavy atom. The van der Waals surface area contributed by atoms with Crippen molar-refractivity contribution in [1.82, 2.24) is 19.3 Å². The molecule has 0 unspecified atom stereocenters. The average Bonchev–Trinajstić information content (AvgIpc) is 3.22. The number of carboxylic acid groups (broad SMARTS) is 1. The van der Waals surface area contributed by atoms with Crippen molar-refractivity contribution < 1.29 is 14.6 Å². The van der Waals surface area contributed by atoms with Crippen molar-refractivity contribution in [3.8, 4) is 17.0 Å². The SMILES string of the molecule is CCn1c(CCCc2ccc(-c3ccc(OC)c(C(=O)O)n3)cc2)nn(Cc2ccc(C(C)(C)C)cc2)c1=O. The highest BCUT2D eigenvalue weighted by atomic mass is 16.5. The predicted molar refractivity (Wildman–Crippen MR) is 152 cm³/mol. The molecule has 0 saturated heterocycles. The molecular formula is C31H36N4O4. The Morgan fingerprint density at radius 3 is 2.21 bits per heavy atom. The summed E-state index contributed by atoms with van der Waals surface area (Å²) in [6.45, 7) is 9.56. The molecule has 4 aromatic rings. The predicted octanol–water partition coefficient (Wildman–Crippen LogP) is 5.35. The lowest BCUT2D eigenvalue weighted by atomic mass is 9.87. The van der Waals surface area contributed by atoms with Gasteiger partial charge in [-0.3, -0.25) is 4.57 Å². The van der Waals surface area contributed by atoms with Crippen LogP contribution in [0.5, 0.6) is 5.75 Å². The third kappa shape index (κ3) is 6.45. The fourth-order valence-electron chi connectivity index (χ4n) is 4.59. The van der Waals surface area contributed by atoms with Crippen LogP contribution in [0.3, 0.4) is 0 Å². The monoisotopic (exact) mass is 528 g/mol. The molecule has 0 atom stereocenters. The maximum Gasteiger partial charge on any atom is 0.358 e. The molecule has 204 valence electrons. The number of aromatic carboxylic acids is 1. The van der Waals surface area contributed by atoms with E-state index in [4.69, 9.17) is 4.74 Å². The van der Waals surface area contributed by atoms with Gasteiger partial charge >= 0.3 is 11.7 Å². The van der Waals surface area contributed by atoms with Crippen LogP contribution in [0.25, 0.3) is 11.3 Å². The first kappa shape index (κ1) is 27.8. The van der Waals surface area contributed by atoms with Gasteiger partial charge in [0, 0.05) is 18.5 Å². The molecule has 0 aliphatic carbocycles. The largest absolute Gasteiger partial charge is 0.494 e. The van der Waals surface area contributed by atoms with Gasteiger partial charge < -0.3 is 9.84 Å². The molecule has 2 aromatic heterocycles. The van der Waals surface area contributed by atoms with Crippen LogP contribution in [-0.2, 0) is 31.3 Å². The van der Waals surface area contributed by atoms with E-state index in [1.54, 1.807) is 21.4 Å². The molecule has 0 aliphatic heterocycles. The molecule has 1 N–H and O–H groups in total. The minimum Gasteiger partial charge on any atom is -0.494 e. The second-order valence-corrected chi connectivity index (χ2v) is 10.7. The molecule has 2 heterocycles. The van der Waals surface area contributed by atoms with E-state index in [-0.39, 0.29) is 22.5 Å². The summed E-state index contributed by atoms with van der Waals surface area (Å²) in [6, 6.07) is 19.7. The number of hydrogen-bond acceptors (Lipinski definition) is 5. The maximum atomic E-state index is 13.0. The number of pyridine rings is 1. The Balaban J connectivity index is 1.40. The van der Waals surface area contributed by atoms with Gasteiger partial charge in [0.15, 0.2) is 11.4 Å². The zero-order valence-electron chi connectivity index (χ0n) is 23.3. The van der Waals surface area contributed by atoms with Crippen LogP contribution in [0.1, 0.15) is 67.1 Å². The third-order valence-corrected chi connectivity index (χ3v) is 6.86. The lowest BCUT2D eigenvalue weighted by molar-refractivity contribution is 0.0686. The van der Waals surface area contributed by atoms with Crippen molar-refractivity contribution in [2.45, 2.75) is 65.5 Å². The highest BCUT2D eigenvalue weighted by Gasteiger charge is 2.16. The Morgan fingerprint density at radius 2 is 1.62 bits per heavy atom. The van der Waals surface area contributed by atoms with Crippen molar-refractivity contribution in [2.24, 2.45) is 0 Å². The fraction of sp³-hybridized carbons (Fsp3) is 0.355. The summed E-state index contributed by atoms with van der Waals surface area (Å²) < 4.78 is 8.41. The smallest absolute Gasteiger partial charge is 0.358 e. The van der Waals surface area contributed by atoms with Gasteiger partial charge in [0.2, 0.25) is 0 Å². The average molecular weight is 529 g/mol. The van der Waals surface area contributed by atoms with Crippen LogP contribution >= 0.6 is 0 Å². The summed E-state index contributed by atoms with van der Waals surface area (Å²) in [6.07, 6.45) is 2.37. The van der Waals surface area contributed by atoms with Gasteiger partial charge in [0.1, 0.15) is 5.82 Å². The standard InChI is InChI=1S/C31H36N4O4/c1-6-34-27(33-35(30(34)38)20-22-12-16-24(17-13-22)31(2,3)4)9-7-8-21-10-14-23(15-11-21)25-18-19-26(39-5)28(32-25)29(36)37/h10-19H,6-9,20H2,1-5H3,(H,36,37). The van der Waals surface area contributed by atoms with Crippen molar-refractivity contribution >= 4 is 5.97 Å². The number of rotatable bonds is 10. The number of nitrogens with zero attached hydrogens (tertiary/aromatic N) is 4. The number of benzene rings is 2. The lowest BCUT2D eigenvalue weighted by Gasteiger charge is -2.19. The van der Waals surface area contributed by atoms with Crippen LogP contribution in [-0.4, -0.2) is 37.5 Å². The second kappa shape index (κ2) is 11.7. The number of aromatic nitrogens is 4. The molecule has 0 radical (unpaired) electrons. The van der Waals surface area contributed by atoms with E-state index in [2.05, 4.69) is 55.1 Å². The molecule has 0 amide bonds. The minimum atomic E-state index is -1.13. The first-order valence-corrected chi connectivity index (χ1v) is 13.2. The van der Waals surface area contributed by atoms with Crippen molar-refractivity contribution in [1.29, 1.82) is 0 Å². The highest BCUT2D eigenvalue weighted by molar-refractivity contribution is 5.89. The number of ether oxygens (including phenoxy) is 1. The van der Waals surface area contributed by atoms with E-state index < -0.39 is 5.97 Å². The van der Waals surface area contributed by atoms with E-state index in [0.29, 0.717) is 25.2 Å². The summed E-state index contributed by atoms with van der Waals surface area (Å²) in [5, 5.41) is 14.1. The van der Waals surface area contributed by atoms with Crippen LogP contribution in [0.15, 0.2) is 65.5 Å². The first-order valence-electron chi connectivity index (χ1n) is 13.2. The fourth-order valence-corrected chi connectivity index (χ4v) is 4.59.